The van der Waals surface area contributed by atoms with Crippen molar-refractivity contribution in [3.63, 3.8) is 0 Å². The van der Waals surface area contributed by atoms with Crippen LogP contribution < -0.4 is 10.1 Å². The Hall–Kier alpha value is -3.42. The van der Waals surface area contributed by atoms with Gasteiger partial charge in [0.1, 0.15) is 5.75 Å². The fourth-order valence-corrected chi connectivity index (χ4v) is 4.83. The van der Waals surface area contributed by atoms with Crippen molar-refractivity contribution in [1.29, 1.82) is 0 Å². The Balaban J connectivity index is 1.43. The molecule has 1 saturated heterocycles. The number of nitrogens with zero attached hydrogens (tertiary/aromatic N) is 4. The van der Waals surface area contributed by atoms with Gasteiger partial charge in [0.25, 0.3) is 11.8 Å². The summed E-state index contributed by atoms with van der Waals surface area (Å²) in [5, 5.41) is 8.44. The lowest BCUT2D eigenvalue weighted by atomic mass is 9.90. The topological polar surface area (TPSA) is 89.3 Å². The maximum atomic E-state index is 13.1. The smallest absolute Gasteiger partial charge is 0.257 e. The average molecular weight is 448 g/mol. The number of piperidine rings is 1. The molecule has 2 aliphatic rings. The number of para-hydroxylation sites is 1. The van der Waals surface area contributed by atoms with Crippen LogP contribution in [0.2, 0.25) is 0 Å². The van der Waals surface area contributed by atoms with Crippen LogP contribution in [0.5, 0.6) is 5.75 Å². The number of aryl methyl sites for hydroxylation is 1. The number of hydrogen-bond acceptors (Lipinski definition) is 5. The van der Waals surface area contributed by atoms with Gasteiger partial charge in [0.2, 0.25) is 0 Å². The Kier molecular flexibility index (Phi) is 5.52. The van der Waals surface area contributed by atoms with Gasteiger partial charge >= 0.3 is 0 Å². The van der Waals surface area contributed by atoms with Crippen LogP contribution in [0.3, 0.4) is 0 Å². The van der Waals surface area contributed by atoms with E-state index in [1.54, 1.807) is 24.9 Å². The summed E-state index contributed by atoms with van der Waals surface area (Å²) in [7, 11) is 5.13. The molecule has 1 aliphatic heterocycles. The lowest BCUT2D eigenvalue weighted by Gasteiger charge is -2.32. The molecule has 0 bridgehead atoms. The molecule has 33 heavy (non-hydrogen) atoms. The van der Waals surface area contributed by atoms with Gasteiger partial charge in [-0.3, -0.25) is 14.3 Å². The molecule has 2 fully saturated rings. The second-order valence-corrected chi connectivity index (χ2v) is 8.92. The molecule has 8 nitrogen and oxygen atoms in total. The van der Waals surface area contributed by atoms with E-state index in [9.17, 15) is 9.59 Å². The highest BCUT2D eigenvalue weighted by Crippen LogP contribution is 2.41. The number of aromatic nitrogens is 3. The van der Waals surface area contributed by atoms with Crippen LogP contribution in [0.15, 0.2) is 30.3 Å². The van der Waals surface area contributed by atoms with Crippen LogP contribution in [-0.4, -0.2) is 58.7 Å². The zero-order valence-corrected chi connectivity index (χ0v) is 19.3. The minimum Gasteiger partial charge on any atom is -0.496 e. The summed E-state index contributed by atoms with van der Waals surface area (Å²) < 4.78 is 7.17. The Bertz CT molecular complexity index is 1220. The van der Waals surface area contributed by atoms with Crippen LogP contribution in [0, 0.1) is 0 Å². The van der Waals surface area contributed by atoms with Crippen LogP contribution >= 0.6 is 0 Å². The summed E-state index contributed by atoms with van der Waals surface area (Å²) in [5.74, 6) is 1.07. The molecule has 0 spiro atoms. The molecule has 2 aromatic heterocycles. The van der Waals surface area contributed by atoms with Crippen LogP contribution in [0.25, 0.3) is 11.0 Å². The zero-order valence-electron chi connectivity index (χ0n) is 19.3. The maximum Gasteiger partial charge on any atom is 0.257 e. The molecule has 0 unspecified atom stereocenters. The highest BCUT2D eigenvalue weighted by atomic mass is 16.5. The van der Waals surface area contributed by atoms with E-state index in [0.29, 0.717) is 35.9 Å². The van der Waals surface area contributed by atoms with Crippen molar-refractivity contribution in [3.05, 3.63) is 52.8 Å². The Morgan fingerprint density at radius 2 is 1.79 bits per heavy atom. The van der Waals surface area contributed by atoms with E-state index >= 15 is 0 Å². The third-order valence-corrected chi connectivity index (χ3v) is 6.81. The van der Waals surface area contributed by atoms with Crippen LogP contribution in [0.4, 0.5) is 0 Å². The third-order valence-electron chi connectivity index (χ3n) is 6.81. The number of likely N-dealkylation sites (tertiary alicyclic amines) is 1. The van der Waals surface area contributed by atoms with E-state index in [1.165, 1.54) is 0 Å². The van der Waals surface area contributed by atoms with Crippen molar-refractivity contribution >= 4 is 22.8 Å². The summed E-state index contributed by atoms with van der Waals surface area (Å²) in [5.41, 5.74) is 3.89. The van der Waals surface area contributed by atoms with Gasteiger partial charge < -0.3 is 15.0 Å². The molecule has 5 rings (SSSR count). The van der Waals surface area contributed by atoms with Crippen molar-refractivity contribution < 1.29 is 14.3 Å². The number of carbonyl (C=O) groups excluding carboxylic acids is 2. The Morgan fingerprint density at radius 1 is 1.06 bits per heavy atom. The number of hydrogen-bond donors (Lipinski definition) is 1. The number of rotatable bonds is 5. The van der Waals surface area contributed by atoms with Gasteiger partial charge in [0.15, 0.2) is 5.65 Å². The van der Waals surface area contributed by atoms with Crippen molar-refractivity contribution in [2.24, 2.45) is 7.05 Å². The minimum absolute atomic E-state index is 0.0152. The molecule has 1 aliphatic carbocycles. The summed E-state index contributed by atoms with van der Waals surface area (Å²) in [6.07, 6.45) is 3.80. The predicted molar refractivity (Wildman–Crippen MR) is 125 cm³/mol. The van der Waals surface area contributed by atoms with E-state index in [1.807, 2.05) is 36.2 Å². The second kappa shape index (κ2) is 8.50. The Morgan fingerprint density at radius 3 is 2.45 bits per heavy atom. The van der Waals surface area contributed by atoms with Gasteiger partial charge in [-0.15, -0.1) is 0 Å². The van der Waals surface area contributed by atoms with Crippen LogP contribution in [0.1, 0.15) is 69.6 Å². The number of fused-ring (bicyclic) bond motifs is 1. The van der Waals surface area contributed by atoms with E-state index in [0.717, 1.165) is 48.1 Å². The van der Waals surface area contributed by atoms with Crippen LogP contribution in [-0.2, 0) is 7.05 Å². The molecule has 0 radical (unpaired) electrons. The lowest BCUT2D eigenvalue weighted by Crippen LogP contribution is -2.38. The highest BCUT2D eigenvalue weighted by Gasteiger charge is 2.32. The maximum absolute atomic E-state index is 13.1. The molecule has 3 aromatic rings. The van der Waals surface area contributed by atoms with Gasteiger partial charge in [-0.05, 0) is 43.9 Å². The molecule has 172 valence electrons. The number of methoxy groups -OCH3 is 1. The number of nitrogens with one attached hydrogen (secondary N) is 1. The fourth-order valence-electron chi connectivity index (χ4n) is 4.83. The zero-order chi connectivity index (χ0) is 23.1. The summed E-state index contributed by atoms with van der Waals surface area (Å²) in [6.45, 7) is 1.25. The molecular formula is C25H29N5O3. The van der Waals surface area contributed by atoms with Crippen molar-refractivity contribution in [1.82, 2.24) is 25.0 Å². The Labute approximate surface area is 192 Å². The van der Waals surface area contributed by atoms with Gasteiger partial charge in [-0.2, -0.15) is 5.10 Å². The van der Waals surface area contributed by atoms with Gasteiger partial charge in [0.05, 0.1) is 29.3 Å². The molecule has 8 heteroatoms. The highest BCUT2D eigenvalue weighted by molar-refractivity contribution is 6.06. The van der Waals surface area contributed by atoms with Crippen molar-refractivity contribution in [2.75, 3.05) is 27.2 Å². The van der Waals surface area contributed by atoms with Crippen molar-refractivity contribution in [3.8, 4) is 5.75 Å². The standard InChI is InChI=1S/C25H29N5O3/c1-26-24(31)18-14-19(15-8-9-15)27-23-21(18)22(28-29(23)2)16-10-12-30(13-11-16)25(32)17-6-4-5-7-20(17)33-3/h4-7,14-16H,8-13H2,1-3H3,(H,26,31). The predicted octanol–water partition coefficient (Wildman–Crippen LogP) is 3.23. The van der Waals surface area contributed by atoms with Gasteiger partial charge in [0, 0.05) is 44.7 Å². The molecule has 3 heterocycles. The molecule has 1 aromatic carbocycles. The summed E-state index contributed by atoms with van der Waals surface area (Å²) in [4.78, 5) is 32.6. The minimum atomic E-state index is -0.109. The number of ether oxygens (including phenoxy) is 1. The largest absolute Gasteiger partial charge is 0.496 e. The number of carbonyl (C=O) groups is 2. The third kappa shape index (κ3) is 3.83. The average Bonchev–Trinajstić information content (AvgIpc) is 3.66. The van der Waals surface area contributed by atoms with E-state index in [2.05, 4.69) is 5.32 Å². The number of amides is 2. The summed E-state index contributed by atoms with van der Waals surface area (Å²) in [6, 6.07) is 9.28. The first kappa shape index (κ1) is 21.4. The van der Waals surface area contributed by atoms with Crippen molar-refractivity contribution in [2.45, 2.75) is 37.5 Å². The molecule has 1 N–H and O–H groups in total. The lowest BCUT2D eigenvalue weighted by molar-refractivity contribution is 0.0708. The molecular weight excluding hydrogens is 418 g/mol. The van der Waals surface area contributed by atoms with E-state index in [-0.39, 0.29) is 17.7 Å². The van der Waals surface area contributed by atoms with Gasteiger partial charge in [-0.25, -0.2) is 4.98 Å². The second-order valence-electron chi connectivity index (χ2n) is 8.92. The monoisotopic (exact) mass is 447 g/mol. The van der Waals surface area contributed by atoms with E-state index < -0.39 is 0 Å². The molecule has 1 saturated carbocycles. The first-order valence-corrected chi connectivity index (χ1v) is 11.5. The SMILES string of the molecule is CNC(=O)c1cc(C2CC2)nc2c1c(C1CCN(C(=O)c3ccccc3OC)CC1)nn2C. The summed E-state index contributed by atoms with van der Waals surface area (Å²) >= 11 is 0. The fraction of sp³-hybridized carbons (Fsp3) is 0.440. The first-order chi connectivity index (χ1) is 16.0. The van der Waals surface area contributed by atoms with E-state index in [4.69, 9.17) is 14.8 Å². The first-order valence-electron chi connectivity index (χ1n) is 11.5. The number of benzene rings is 1. The normalized spacial score (nSPS) is 16.8. The van der Waals surface area contributed by atoms with Gasteiger partial charge in [-0.1, -0.05) is 12.1 Å². The number of pyridine rings is 1. The molecule has 2 amide bonds. The quantitative estimate of drug-likeness (QED) is 0.649. The molecule has 0 atom stereocenters.